The second-order valence-electron chi connectivity index (χ2n) is 7.99. The Bertz CT molecular complexity index is 1060. The zero-order valence-electron chi connectivity index (χ0n) is 18.6. The van der Waals surface area contributed by atoms with Gasteiger partial charge in [-0.3, -0.25) is 9.78 Å². The van der Waals surface area contributed by atoms with Crippen LogP contribution in [0.5, 0.6) is 5.75 Å². The van der Waals surface area contributed by atoms with Crippen molar-refractivity contribution in [3.8, 4) is 28.3 Å². The van der Waals surface area contributed by atoms with E-state index in [9.17, 15) is 9.90 Å². The van der Waals surface area contributed by atoms with Crippen LogP contribution in [-0.2, 0) is 6.42 Å². The van der Waals surface area contributed by atoms with Crippen molar-refractivity contribution in [2.75, 3.05) is 32.8 Å². The zero-order valence-corrected chi connectivity index (χ0v) is 18.6. The number of hydrogen-bond donors (Lipinski definition) is 3. The number of ether oxygens (including phenoxy) is 1. The molecule has 1 aliphatic heterocycles. The Balaban J connectivity index is 1.43. The Labute approximate surface area is 188 Å². The van der Waals surface area contributed by atoms with Crippen LogP contribution >= 0.6 is 0 Å². The van der Waals surface area contributed by atoms with Gasteiger partial charge in [-0.2, -0.15) is 0 Å². The number of aromatic amines is 1. The first-order valence-electron chi connectivity index (χ1n) is 11.2. The first kappa shape index (κ1) is 22.0. The van der Waals surface area contributed by atoms with Crippen molar-refractivity contribution < 1.29 is 14.6 Å². The third-order valence-corrected chi connectivity index (χ3v) is 5.83. The predicted molar refractivity (Wildman–Crippen MR) is 125 cm³/mol. The third kappa shape index (κ3) is 5.00. The fourth-order valence-corrected chi connectivity index (χ4v) is 3.95. The number of fused-ring (bicyclic) bond motifs is 1. The Kier molecular flexibility index (Phi) is 6.87. The van der Waals surface area contributed by atoms with Crippen LogP contribution in [0.15, 0.2) is 48.7 Å². The molecule has 1 unspecified atom stereocenters. The van der Waals surface area contributed by atoms with Gasteiger partial charge < -0.3 is 25.0 Å². The number of nitrogens with one attached hydrogen (secondary N) is 2. The van der Waals surface area contributed by atoms with Gasteiger partial charge in [-0.1, -0.05) is 13.8 Å². The topological polar surface area (TPSA) is 90.5 Å². The Morgan fingerprint density at radius 3 is 2.62 bits per heavy atom. The monoisotopic (exact) mass is 434 g/mol. The average Bonchev–Trinajstić information content (AvgIpc) is 3.27. The van der Waals surface area contributed by atoms with Gasteiger partial charge in [0.15, 0.2) is 0 Å². The summed E-state index contributed by atoms with van der Waals surface area (Å²) in [6, 6.07) is 13.6. The highest BCUT2D eigenvalue weighted by Crippen LogP contribution is 2.28. The molecule has 168 valence electrons. The maximum atomic E-state index is 12.1. The molecule has 1 amide bonds. The highest BCUT2D eigenvalue weighted by molar-refractivity contribution is 5.97. The van der Waals surface area contributed by atoms with Crippen LogP contribution < -0.4 is 10.1 Å². The number of aromatic nitrogens is 2. The Morgan fingerprint density at radius 2 is 1.91 bits per heavy atom. The lowest BCUT2D eigenvalue weighted by Gasteiger charge is -2.21. The lowest BCUT2D eigenvalue weighted by Crippen LogP contribution is -2.35. The Morgan fingerprint density at radius 1 is 1.12 bits per heavy atom. The average molecular weight is 435 g/mol. The number of benzene rings is 1. The normalized spacial score (nSPS) is 14.2. The minimum Gasteiger partial charge on any atom is -0.491 e. The molecule has 3 N–H and O–H groups in total. The maximum Gasteiger partial charge on any atom is 0.253 e. The van der Waals surface area contributed by atoms with E-state index in [0.717, 1.165) is 47.7 Å². The molecule has 0 saturated heterocycles. The molecule has 3 heterocycles. The molecule has 0 spiro atoms. The number of amides is 1. The molecule has 32 heavy (non-hydrogen) atoms. The van der Waals surface area contributed by atoms with Crippen LogP contribution in [-0.4, -0.2) is 64.8 Å². The molecule has 2 aromatic heterocycles. The molecule has 7 heteroatoms. The molecule has 7 nitrogen and oxygen atoms in total. The van der Waals surface area contributed by atoms with Gasteiger partial charge in [-0.05, 0) is 55.6 Å². The molecule has 3 aromatic rings. The molecule has 1 aliphatic rings. The van der Waals surface area contributed by atoms with Gasteiger partial charge in [0.25, 0.3) is 5.91 Å². The van der Waals surface area contributed by atoms with Crippen molar-refractivity contribution in [3.05, 3.63) is 59.9 Å². The van der Waals surface area contributed by atoms with Gasteiger partial charge in [-0.25, -0.2) is 0 Å². The number of carbonyl (C=O) groups is 1. The second kappa shape index (κ2) is 9.97. The maximum absolute atomic E-state index is 12.1. The van der Waals surface area contributed by atoms with Crippen molar-refractivity contribution in [2.45, 2.75) is 26.4 Å². The van der Waals surface area contributed by atoms with E-state index in [4.69, 9.17) is 4.74 Å². The summed E-state index contributed by atoms with van der Waals surface area (Å²) in [6.45, 7) is 7.51. The van der Waals surface area contributed by atoms with Crippen LogP contribution in [0, 0.1) is 0 Å². The summed E-state index contributed by atoms with van der Waals surface area (Å²) in [5.74, 6) is 0.687. The van der Waals surface area contributed by atoms with Crippen LogP contribution in [0.3, 0.4) is 0 Å². The number of pyridine rings is 1. The van der Waals surface area contributed by atoms with E-state index in [1.165, 1.54) is 0 Å². The van der Waals surface area contributed by atoms with Gasteiger partial charge in [-0.15, -0.1) is 0 Å². The van der Waals surface area contributed by atoms with Crippen molar-refractivity contribution in [1.29, 1.82) is 0 Å². The van der Waals surface area contributed by atoms with Gasteiger partial charge in [0.2, 0.25) is 0 Å². The van der Waals surface area contributed by atoms with Gasteiger partial charge in [0, 0.05) is 48.2 Å². The summed E-state index contributed by atoms with van der Waals surface area (Å²) >= 11 is 0. The van der Waals surface area contributed by atoms with Crippen molar-refractivity contribution in [3.63, 3.8) is 0 Å². The van der Waals surface area contributed by atoms with E-state index in [1.54, 1.807) is 6.20 Å². The molecule has 0 radical (unpaired) electrons. The van der Waals surface area contributed by atoms with Crippen LogP contribution in [0.4, 0.5) is 0 Å². The van der Waals surface area contributed by atoms with Crippen molar-refractivity contribution in [1.82, 2.24) is 20.2 Å². The number of carbonyl (C=O) groups excluding carboxylic acids is 1. The molecule has 0 aliphatic carbocycles. The third-order valence-electron chi connectivity index (χ3n) is 5.83. The summed E-state index contributed by atoms with van der Waals surface area (Å²) in [5, 5.41) is 13.1. The number of likely N-dealkylation sites (N-methyl/N-ethyl adjacent to an activating group) is 1. The molecular formula is C25H30N4O3. The molecule has 1 atom stereocenters. The number of H-pyrrole nitrogens is 1. The van der Waals surface area contributed by atoms with Gasteiger partial charge in [0.05, 0.1) is 11.3 Å². The van der Waals surface area contributed by atoms with E-state index in [-0.39, 0.29) is 12.5 Å². The van der Waals surface area contributed by atoms with Crippen LogP contribution in [0.25, 0.3) is 22.5 Å². The number of rotatable bonds is 9. The molecule has 0 fully saturated rings. The number of aliphatic hydroxyl groups is 1. The second-order valence-corrected chi connectivity index (χ2v) is 7.99. The standard InChI is InChI=1S/C25H30N4O3/c1-3-29(4-2)15-19(30)16-32-20-7-5-17(6-8-20)23-13-18(9-11-26-23)24-14-21-22(28-24)10-12-27-25(21)31/h5-9,11,13-14,19,28,30H,3-4,10,12,15-16H2,1-2H3,(H,27,31). The largest absolute Gasteiger partial charge is 0.491 e. The summed E-state index contributed by atoms with van der Waals surface area (Å²) in [7, 11) is 0. The molecular weight excluding hydrogens is 404 g/mol. The van der Waals surface area contributed by atoms with E-state index in [2.05, 4.69) is 34.0 Å². The number of aliphatic hydroxyl groups excluding tert-OH is 1. The zero-order chi connectivity index (χ0) is 22.5. The summed E-state index contributed by atoms with van der Waals surface area (Å²) < 4.78 is 5.76. The lowest BCUT2D eigenvalue weighted by atomic mass is 10.1. The number of nitrogens with zero attached hydrogens (tertiary/aromatic N) is 2. The van der Waals surface area contributed by atoms with Crippen molar-refractivity contribution >= 4 is 5.91 Å². The fourth-order valence-electron chi connectivity index (χ4n) is 3.95. The van der Waals surface area contributed by atoms with Crippen molar-refractivity contribution in [2.24, 2.45) is 0 Å². The Hall–Kier alpha value is -3.16. The lowest BCUT2D eigenvalue weighted by molar-refractivity contribution is 0.0716. The van der Waals surface area contributed by atoms with E-state index in [0.29, 0.717) is 24.4 Å². The summed E-state index contributed by atoms with van der Waals surface area (Å²) in [6.07, 6.45) is 2.06. The molecule has 0 saturated carbocycles. The fraction of sp³-hybridized carbons (Fsp3) is 0.360. The first-order chi connectivity index (χ1) is 15.6. The quantitative estimate of drug-likeness (QED) is 0.481. The minimum absolute atomic E-state index is 0.0270. The first-order valence-corrected chi connectivity index (χ1v) is 11.2. The summed E-state index contributed by atoms with van der Waals surface area (Å²) in [4.78, 5) is 22.1. The summed E-state index contributed by atoms with van der Waals surface area (Å²) in [5.41, 5.74) is 5.40. The van der Waals surface area contributed by atoms with E-state index < -0.39 is 6.10 Å². The van der Waals surface area contributed by atoms with Crippen LogP contribution in [0.2, 0.25) is 0 Å². The van der Waals surface area contributed by atoms with E-state index in [1.807, 2.05) is 42.5 Å². The highest BCUT2D eigenvalue weighted by atomic mass is 16.5. The van der Waals surface area contributed by atoms with E-state index >= 15 is 0 Å². The van der Waals surface area contributed by atoms with Gasteiger partial charge >= 0.3 is 0 Å². The molecule has 1 aromatic carbocycles. The number of hydrogen-bond acceptors (Lipinski definition) is 5. The SMILES string of the molecule is CCN(CC)CC(O)COc1ccc(-c2cc(-c3cc4c([nH]3)CCNC4=O)ccn2)cc1. The smallest absolute Gasteiger partial charge is 0.253 e. The highest BCUT2D eigenvalue weighted by Gasteiger charge is 2.20. The predicted octanol–water partition coefficient (Wildman–Crippen LogP) is 3.11. The van der Waals surface area contributed by atoms with Crippen LogP contribution in [0.1, 0.15) is 29.9 Å². The minimum atomic E-state index is -0.526. The molecule has 4 rings (SSSR count). The van der Waals surface area contributed by atoms with Gasteiger partial charge in [0.1, 0.15) is 18.5 Å². The molecule has 0 bridgehead atoms.